The van der Waals surface area contributed by atoms with Crippen molar-refractivity contribution in [2.24, 2.45) is 0 Å². The van der Waals surface area contributed by atoms with E-state index in [-0.39, 0.29) is 0 Å². The van der Waals surface area contributed by atoms with Crippen molar-refractivity contribution >= 4 is 12.1 Å². The second-order valence-corrected chi connectivity index (χ2v) is 4.51. The van der Waals surface area contributed by atoms with Crippen LogP contribution in [-0.4, -0.2) is 30.8 Å². The molecular formula is C11H21NO4. The van der Waals surface area contributed by atoms with Crippen molar-refractivity contribution in [1.82, 2.24) is 5.32 Å². The number of alkyl carbamates (subject to hydrolysis) is 1. The van der Waals surface area contributed by atoms with Crippen LogP contribution in [0, 0.1) is 0 Å². The summed E-state index contributed by atoms with van der Waals surface area (Å²) in [6, 6.07) is -0.634. The van der Waals surface area contributed by atoms with E-state index < -0.39 is 23.7 Å². The number of carbonyl (C=O) groups is 2. The Balaban J connectivity index is 4.29. The summed E-state index contributed by atoms with van der Waals surface area (Å²) in [7, 11) is 1.29. The molecule has 0 aliphatic heterocycles. The van der Waals surface area contributed by atoms with Gasteiger partial charge in [0.25, 0.3) is 0 Å². The molecule has 0 saturated heterocycles. The smallest absolute Gasteiger partial charge is 0.408 e. The van der Waals surface area contributed by atoms with Gasteiger partial charge in [0, 0.05) is 0 Å². The molecule has 0 aromatic carbocycles. The van der Waals surface area contributed by atoms with Gasteiger partial charge in [-0.15, -0.1) is 0 Å². The lowest BCUT2D eigenvalue weighted by Gasteiger charge is -2.22. The highest BCUT2D eigenvalue weighted by Gasteiger charge is 2.23. The molecule has 5 heteroatoms. The fraction of sp³-hybridized carbons (Fsp3) is 0.818. The van der Waals surface area contributed by atoms with Gasteiger partial charge in [0.2, 0.25) is 0 Å². The Hall–Kier alpha value is -1.26. The molecule has 0 fully saturated rings. The predicted octanol–water partition coefficient (Wildman–Crippen LogP) is 1.85. The van der Waals surface area contributed by atoms with E-state index in [1.54, 1.807) is 20.8 Å². The van der Waals surface area contributed by atoms with Gasteiger partial charge in [-0.25, -0.2) is 9.59 Å². The van der Waals surface area contributed by atoms with E-state index in [0.29, 0.717) is 6.42 Å². The number of hydrogen-bond donors (Lipinski definition) is 1. The molecule has 0 heterocycles. The summed E-state index contributed by atoms with van der Waals surface area (Å²) in [5, 5.41) is 2.49. The molecule has 1 unspecified atom stereocenters. The molecule has 0 saturated carbocycles. The fourth-order valence-corrected chi connectivity index (χ4v) is 1.13. The third-order valence-corrected chi connectivity index (χ3v) is 1.75. The molecule has 0 aromatic rings. The van der Waals surface area contributed by atoms with Gasteiger partial charge in [-0.05, 0) is 27.2 Å². The lowest BCUT2D eigenvalue weighted by Crippen LogP contribution is -2.43. The van der Waals surface area contributed by atoms with Crippen molar-refractivity contribution in [3.05, 3.63) is 0 Å². The maximum absolute atomic E-state index is 11.4. The second kappa shape index (κ2) is 6.35. The molecule has 1 N–H and O–H groups in total. The summed E-state index contributed by atoms with van der Waals surface area (Å²) in [6.45, 7) is 7.21. The lowest BCUT2D eigenvalue weighted by atomic mass is 10.2. The first-order chi connectivity index (χ1) is 7.30. The summed E-state index contributed by atoms with van der Waals surface area (Å²) >= 11 is 0. The van der Waals surface area contributed by atoms with Gasteiger partial charge in [0.15, 0.2) is 0 Å². The number of amides is 1. The average Bonchev–Trinajstić information content (AvgIpc) is 2.13. The van der Waals surface area contributed by atoms with Gasteiger partial charge in [0.05, 0.1) is 7.11 Å². The van der Waals surface area contributed by atoms with Crippen molar-refractivity contribution in [1.29, 1.82) is 0 Å². The number of carbonyl (C=O) groups excluding carboxylic acids is 2. The first-order valence-corrected chi connectivity index (χ1v) is 5.37. The predicted molar refractivity (Wildman–Crippen MR) is 60.1 cm³/mol. The summed E-state index contributed by atoms with van der Waals surface area (Å²) in [4.78, 5) is 22.7. The van der Waals surface area contributed by atoms with E-state index >= 15 is 0 Å². The third kappa shape index (κ3) is 6.27. The van der Waals surface area contributed by atoms with Crippen LogP contribution in [0.3, 0.4) is 0 Å². The van der Waals surface area contributed by atoms with Crippen LogP contribution in [0.2, 0.25) is 0 Å². The van der Waals surface area contributed by atoms with Crippen LogP contribution in [0.1, 0.15) is 40.5 Å². The van der Waals surface area contributed by atoms with Gasteiger partial charge < -0.3 is 14.8 Å². The second-order valence-electron chi connectivity index (χ2n) is 4.51. The van der Waals surface area contributed by atoms with E-state index in [4.69, 9.17) is 4.74 Å². The van der Waals surface area contributed by atoms with Crippen LogP contribution in [0.25, 0.3) is 0 Å². The fourth-order valence-electron chi connectivity index (χ4n) is 1.13. The number of esters is 1. The molecule has 0 radical (unpaired) electrons. The van der Waals surface area contributed by atoms with Crippen molar-refractivity contribution in [3.63, 3.8) is 0 Å². The molecule has 16 heavy (non-hydrogen) atoms. The number of methoxy groups -OCH3 is 1. The molecule has 0 aliphatic rings. The number of rotatable bonds is 4. The zero-order chi connectivity index (χ0) is 12.8. The molecule has 0 aromatic heterocycles. The zero-order valence-corrected chi connectivity index (χ0v) is 10.6. The quantitative estimate of drug-likeness (QED) is 0.750. The number of ether oxygens (including phenoxy) is 2. The molecule has 1 atom stereocenters. The molecule has 0 aliphatic carbocycles. The minimum atomic E-state index is -0.634. The molecule has 1 amide bonds. The number of hydrogen-bond acceptors (Lipinski definition) is 4. The monoisotopic (exact) mass is 231 g/mol. The maximum Gasteiger partial charge on any atom is 0.408 e. The van der Waals surface area contributed by atoms with Gasteiger partial charge >= 0.3 is 12.1 Å². The van der Waals surface area contributed by atoms with Crippen LogP contribution >= 0.6 is 0 Å². The Kier molecular flexibility index (Phi) is 5.85. The zero-order valence-electron chi connectivity index (χ0n) is 10.6. The highest BCUT2D eigenvalue weighted by molar-refractivity contribution is 5.81. The van der Waals surface area contributed by atoms with Gasteiger partial charge in [-0.2, -0.15) is 0 Å². The average molecular weight is 231 g/mol. The first kappa shape index (κ1) is 14.7. The summed E-state index contributed by atoms with van der Waals surface area (Å²) in [5.41, 5.74) is -0.572. The Morgan fingerprint density at radius 2 is 1.88 bits per heavy atom. The number of nitrogens with one attached hydrogen (secondary N) is 1. The maximum atomic E-state index is 11.4. The molecular weight excluding hydrogens is 210 g/mol. The molecule has 0 spiro atoms. The summed E-state index contributed by atoms with van der Waals surface area (Å²) in [6.07, 6.45) is 0.706. The van der Waals surface area contributed by atoms with Gasteiger partial charge in [-0.3, -0.25) is 0 Å². The summed E-state index contributed by atoms with van der Waals surface area (Å²) < 4.78 is 9.64. The SMILES string of the molecule is CCCC(NC(=O)OC(C)(C)C)C(=O)OC. The van der Waals surface area contributed by atoms with Crippen molar-refractivity contribution in [3.8, 4) is 0 Å². The van der Waals surface area contributed by atoms with E-state index in [1.807, 2.05) is 6.92 Å². The van der Waals surface area contributed by atoms with Crippen molar-refractivity contribution in [2.75, 3.05) is 7.11 Å². The van der Waals surface area contributed by atoms with Gasteiger partial charge in [-0.1, -0.05) is 13.3 Å². The van der Waals surface area contributed by atoms with E-state index in [0.717, 1.165) is 6.42 Å². The highest BCUT2D eigenvalue weighted by atomic mass is 16.6. The van der Waals surface area contributed by atoms with Crippen LogP contribution in [0.15, 0.2) is 0 Å². The van der Waals surface area contributed by atoms with E-state index in [2.05, 4.69) is 10.1 Å². The minimum Gasteiger partial charge on any atom is -0.467 e. The van der Waals surface area contributed by atoms with Crippen LogP contribution in [0.5, 0.6) is 0 Å². The van der Waals surface area contributed by atoms with E-state index in [9.17, 15) is 9.59 Å². The normalized spacial score (nSPS) is 12.8. The first-order valence-electron chi connectivity index (χ1n) is 5.37. The Morgan fingerprint density at radius 3 is 2.25 bits per heavy atom. The van der Waals surface area contributed by atoms with Crippen LogP contribution in [-0.2, 0) is 14.3 Å². The summed E-state index contributed by atoms with van der Waals surface area (Å²) in [5.74, 6) is -0.451. The Morgan fingerprint density at radius 1 is 1.31 bits per heavy atom. The highest BCUT2D eigenvalue weighted by Crippen LogP contribution is 2.08. The molecule has 0 rings (SSSR count). The molecule has 94 valence electrons. The third-order valence-electron chi connectivity index (χ3n) is 1.75. The Labute approximate surface area is 96.5 Å². The van der Waals surface area contributed by atoms with Crippen molar-refractivity contribution < 1.29 is 19.1 Å². The van der Waals surface area contributed by atoms with Crippen LogP contribution < -0.4 is 5.32 Å². The molecule has 0 bridgehead atoms. The van der Waals surface area contributed by atoms with Gasteiger partial charge in [0.1, 0.15) is 11.6 Å². The standard InChI is InChI=1S/C11H21NO4/c1-6-7-8(9(13)15-5)12-10(14)16-11(2,3)4/h8H,6-7H2,1-5H3,(H,12,14). The largest absolute Gasteiger partial charge is 0.467 e. The Bertz CT molecular complexity index is 245. The van der Waals surface area contributed by atoms with Crippen molar-refractivity contribution in [2.45, 2.75) is 52.2 Å². The molecule has 5 nitrogen and oxygen atoms in total. The topological polar surface area (TPSA) is 64.6 Å². The van der Waals surface area contributed by atoms with E-state index in [1.165, 1.54) is 7.11 Å². The van der Waals surface area contributed by atoms with Crippen LogP contribution in [0.4, 0.5) is 4.79 Å². The minimum absolute atomic E-state index is 0.451. The lowest BCUT2D eigenvalue weighted by molar-refractivity contribution is -0.143.